The Morgan fingerprint density at radius 3 is 2.84 bits per heavy atom. The van der Waals surface area contributed by atoms with E-state index in [2.05, 4.69) is 10.3 Å². The number of carbonyl (C=O) groups is 1. The molecule has 0 bridgehead atoms. The van der Waals surface area contributed by atoms with Crippen LogP contribution in [0.15, 0.2) is 5.38 Å². The Morgan fingerprint density at radius 1 is 1.48 bits per heavy atom. The fourth-order valence-electron chi connectivity index (χ4n) is 2.76. The largest absolute Gasteiger partial charge is 0.350 e. The van der Waals surface area contributed by atoms with Crippen LogP contribution in [0.2, 0.25) is 0 Å². The molecule has 0 spiro atoms. The van der Waals surface area contributed by atoms with E-state index in [1.54, 1.807) is 15.6 Å². The van der Waals surface area contributed by atoms with Crippen molar-refractivity contribution in [2.45, 2.75) is 59.9 Å². The van der Waals surface area contributed by atoms with Gasteiger partial charge in [-0.1, -0.05) is 28.2 Å². The van der Waals surface area contributed by atoms with Gasteiger partial charge in [-0.3, -0.25) is 4.79 Å². The molecule has 1 aliphatic rings. The number of nitrogens with zero attached hydrogens (tertiary/aromatic N) is 2. The number of piperidine rings is 1. The van der Waals surface area contributed by atoms with E-state index in [9.17, 15) is 13.2 Å². The summed E-state index contributed by atoms with van der Waals surface area (Å²) in [5, 5.41) is 5.79. The van der Waals surface area contributed by atoms with Gasteiger partial charge in [0, 0.05) is 30.3 Å². The maximum atomic E-state index is 12.3. The van der Waals surface area contributed by atoms with Gasteiger partial charge in [-0.15, -0.1) is 11.3 Å². The standard InChI is InChI=1S/C16H27N3O3S2.CH4/c1-4-8-24(21,22)19-7-5-6-13(10-19)16-18-14(11-23-16)9-17-15(20)12(2)3;/h11-13H,4-10H2,1-3H3,(H,17,20);1H4. The molecule has 1 saturated heterocycles. The summed E-state index contributed by atoms with van der Waals surface area (Å²) in [6.45, 7) is 7.16. The van der Waals surface area contributed by atoms with Gasteiger partial charge in [-0.2, -0.15) is 0 Å². The normalized spacial score (nSPS) is 18.8. The fourth-order valence-corrected chi connectivity index (χ4v) is 5.29. The molecule has 0 saturated carbocycles. The highest BCUT2D eigenvalue weighted by Gasteiger charge is 2.30. The average molecular weight is 390 g/mol. The van der Waals surface area contributed by atoms with E-state index in [0.717, 1.165) is 23.5 Å². The lowest BCUT2D eigenvalue weighted by atomic mass is 10.0. The van der Waals surface area contributed by atoms with Crippen molar-refractivity contribution < 1.29 is 13.2 Å². The van der Waals surface area contributed by atoms with Crippen molar-refractivity contribution in [1.29, 1.82) is 0 Å². The first-order valence-electron chi connectivity index (χ1n) is 8.53. The molecule has 1 aromatic heterocycles. The SMILES string of the molecule is C.CCCS(=O)(=O)N1CCCC(c2nc(CNC(=O)C(C)C)cs2)C1. The number of aromatic nitrogens is 1. The van der Waals surface area contributed by atoms with Gasteiger partial charge in [0.05, 0.1) is 23.0 Å². The molecule has 1 amide bonds. The zero-order valence-corrected chi connectivity index (χ0v) is 16.3. The molecule has 2 rings (SSSR count). The van der Waals surface area contributed by atoms with Crippen LogP contribution in [0.25, 0.3) is 0 Å². The van der Waals surface area contributed by atoms with Gasteiger partial charge < -0.3 is 5.32 Å². The molecule has 1 unspecified atom stereocenters. The maximum Gasteiger partial charge on any atom is 0.222 e. The van der Waals surface area contributed by atoms with E-state index < -0.39 is 10.0 Å². The number of hydrogen-bond donors (Lipinski definition) is 1. The van der Waals surface area contributed by atoms with Gasteiger partial charge in [0.25, 0.3) is 0 Å². The number of sulfonamides is 1. The molecule has 6 nitrogen and oxygen atoms in total. The number of carbonyl (C=O) groups excluding carboxylic acids is 1. The molecule has 1 atom stereocenters. The third-order valence-corrected chi connectivity index (χ3v) is 7.23. The van der Waals surface area contributed by atoms with Crippen LogP contribution in [0.4, 0.5) is 0 Å². The van der Waals surface area contributed by atoms with Gasteiger partial charge in [0.1, 0.15) is 0 Å². The summed E-state index contributed by atoms with van der Waals surface area (Å²) < 4.78 is 26.2. The summed E-state index contributed by atoms with van der Waals surface area (Å²) >= 11 is 1.56. The topological polar surface area (TPSA) is 79.4 Å². The van der Waals surface area contributed by atoms with E-state index in [1.807, 2.05) is 26.2 Å². The van der Waals surface area contributed by atoms with Gasteiger partial charge in [0.2, 0.25) is 15.9 Å². The Balaban J connectivity index is 0.00000312. The molecule has 2 heterocycles. The maximum absolute atomic E-state index is 12.3. The van der Waals surface area contributed by atoms with Crippen molar-refractivity contribution >= 4 is 27.3 Å². The minimum absolute atomic E-state index is 0. The molecule has 1 aromatic rings. The minimum atomic E-state index is -3.15. The van der Waals surface area contributed by atoms with E-state index >= 15 is 0 Å². The lowest BCUT2D eigenvalue weighted by molar-refractivity contribution is -0.124. The Labute approximate surface area is 156 Å². The molecule has 8 heteroatoms. The van der Waals surface area contributed by atoms with Crippen molar-refractivity contribution in [2.75, 3.05) is 18.8 Å². The second-order valence-electron chi connectivity index (χ2n) is 6.56. The average Bonchev–Trinajstić information content (AvgIpc) is 3.01. The second-order valence-corrected chi connectivity index (χ2v) is 9.54. The van der Waals surface area contributed by atoms with Crippen LogP contribution in [0.5, 0.6) is 0 Å². The summed E-state index contributed by atoms with van der Waals surface area (Å²) in [5.74, 6) is 0.340. The zero-order chi connectivity index (χ0) is 17.7. The zero-order valence-electron chi connectivity index (χ0n) is 14.6. The van der Waals surface area contributed by atoms with Crippen LogP contribution in [-0.2, 0) is 21.4 Å². The summed E-state index contributed by atoms with van der Waals surface area (Å²) in [4.78, 5) is 16.2. The molecule has 1 N–H and O–H groups in total. The first-order valence-corrected chi connectivity index (χ1v) is 11.0. The van der Waals surface area contributed by atoms with Crippen molar-refractivity contribution in [3.05, 3.63) is 16.1 Å². The van der Waals surface area contributed by atoms with Crippen LogP contribution in [0, 0.1) is 5.92 Å². The number of nitrogens with one attached hydrogen (secondary N) is 1. The summed E-state index contributed by atoms with van der Waals surface area (Å²) in [6.07, 6.45) is 2.47. The summed E-state index contributed by atoms with van der Waals surface area (Å²) in [6, 6.07) is 0. The molecule has 0 radical (unpaired) electrons. The fraction of sp³-hybridized carbons (Fsp3) is 0.765. The van der Waals surface area contributed by atoms with Crippen molar-refractivity contribution in [3.8, 4) is 0 Å². The van der Waals surface area contributed by atoms with E-state index in [0.29, 0.717) is 26.1 Å². The van der Waals surface area contributed by atoms with Crippen LogP contribution in [0.1, 0.15) is 64.1 Å². The molecule has 0 aromatic carbocycles. The molecule has 25 heavy (non-hydrogen) atoms. The van der Waals surface area contributed by atoms with Crippen LogP contribution >= 0.6 is 11.3 Å². The molecule has 0 aliphatic carbocycles. The van der Waals surface area contributed by atoms with Gasteiger partial charge in [0.15, 0.2) is 0 Å². The van der Waals surface area contributed by atoms with Crippen molar-refractivity contribution in [3.63, 3.8) is 0 Å². The van der Waals surface area contributed by atoms with Crippen LogP contribution in [0.3, 0.4) is 0 Å². The van der Waals surface area contributed by atoms with E-state index in [4.69, 9.17) is 0 Å². The molecular formula is C17H31N3O3S2. The summed E-state index contributed by atoms with van der Waals surface area (Å²) in [7, 11) is -3.15. The van der Waals surface area contributed by atoms with Crippen molar-refractivity contribution in [1.82, 2.24) is 14.6 Å². The molecular weight excluding hydrogens is 358 g/mol. The second kappa shape index (κ2) is 9.64. The van der Waals surface area contributed by atoms with Crippen LogP contribution < -0.4 is 5.32 Å². The number of amides is 1. The first kappa shape index (κ1) is 22.1. The Kier molecular flexibility index (Phi) is 8.50. The molecule has 1 fully saturated rings. The van der Waals surface area contributed by atoms with E-state index in [-0.39, 0.29) is 30.9 Å². The highest BCUT2D eigenvalue weighted by Crippen LogP contribution is 2.30. The predicted molar refractivity (Wildman–Crippen MR) is 103 cm³/mol. The van der Waals surface area contributed by atoms with Crippen molar-refractivity contribution in [2.24, 2.45) is 5.92 Å². The van der Waals surface area contributed by atoms with Gasteiger partial charge >= 0.3 is 0 Å². The number of hydrogen-bond acceptors (Lipinski definition) is 5. The van der Waals surface area contributed by atoms with E-state index in [1.165, 1.54) is 0 Å². The summed E-state index contributed by atoms with van der Waals surface area (Å²) in [5.41, 5.74) is 0.845. The number of rotatable bonds is 7. The molecule has 1 aliphatic heterocycles. The Morgan fingerprint density at radius 2 is 2.20 bits per heavy atom. The highest BCUT2D eigenvalue weighted by molar-refractivity contribution is 7.89. The minimum Gasteiger partial charge on any atom is -0.350 e. The lowest BCUT2D eigenvalue weighted by Crippen LogP contribution is -2.40. The first-order chi connectivity index (χ1) is 11.3. The highest BCUT2D eigenvalue weighted by atomic mass is 32.2. The molecule has 144 valence electrons. The van der Waals surface area contributed by atoms with Crippen LogP contribution in [-0.4, -0.2) is 42.5 Å². The quantitative estimate of drug-likeness (QED) is 0.777. The lowest BCUT2D eigenvalue weighted by Gasteiger charge is -2.30. The van der Waals surface area contributed by atoms with Gasteiger partial charge in [-0.25, -0.2) is 17.7 Å². The Bertz CT molecular complexity index is 656. The third-order valence-electron chi connectivity index (χ3n) is 4.13. The third kappa shape index (κ3) is 6.04. The monoisotopic (exact) mass is 389 g/mol. The smallest absolute Gasteiger partial charge is 0.222 e. The Hall–Kier alpha value is -0.990. The number of thiazole rings is 1. The predicted octanol–water partition coefficient (Wildman–Crippen LogP) is 2.97. The van der Waals surface area contributed by atoms with Gasteiger partial charge in [-0.05, 0) is 19.3 Å².